The number of aromatic hydroxyl groups is 1. The number of aryl methyl sites for hydroxylation is 1. The van der Waals surface area contributed by atoms with E-state index >= 15 is 0 Å². The SMILES string of the molecule is CCCNc1nc(-c2ccc(OC)c(O)c2)nc(C)c1I. The largest absolute Gasteiger partial charge is 0.504 e. The van der Waals surface area contributed by atoms with E-state index in [1.54, 1.807) is 12.1 Å². The number of methoxy groups -OCH3 is 1. The van der Waals surface area contributed by atoms with Crippen LogP contribution in [0.2, 0.25) is 0 Å². The summed E-state index contributed by atoms with van der Waals surface area (Å²) in [7, 11) is 1.52. The predicted molar refractivity (Wildman–Crippen MR) is 91.9 cm³/mol. The Morgan fingerprint density at radius 2 is 2.10 bits per heavy atom. The monoisotopic (exact) mass is 399 g/mol. The molecular weight excluding hydrogens is 381 g/mol. The Hall–Kier alpha value is -1.57. The van der Waals surface area contributed by atoms with E-state index in [4.69, 9.17) is 4.74 Å². The van der Waals surface area contributed by atoms with Gasteiger partial charge in [0.25, 0.3) is 0 Å². The average molecular weight is 399 g/mol. The molecule has 0 aliphatic carbocycles. The fourth-order valence-electron chi connectivity index (χ4n) is 1.88. The number of benzene rings is 1. The fourth-order valence-corrected chi connectivity index (χ4v) is 2.31. The van der Waals surface area contributed by atoms with Crippen molar-refractivity contribution in [1.29, 1.82) is 0 Å². The van der Waals surface area contributed by atoms with Crippen molar-refractivity contribution in [2.45, 2.75) is 20.3 Å². The van der Waals surface area contributed by atoms with Gasteiger partial charge in [-0.2, -0.15) is 0 Å². The van der Waals surface area contributed by atoms with Gasteiger partial charge in [-0.25, -0.2) is 9.97 Å². The van der Waals surface area contributed by atoms with E-state index in [0.717, 1.165) is 33.6 Å². The number of hydrogen-bond acceptors (Lipinski definition) is 5. The standard InChI is InChI=1S/C15H18IN3O2/c1-4-7-17-15-13(16)9(2)18-14(19-15)10-5-6-12(21-3)11(20)8-10/h5-6,8,20H,4,7H2,1-3H3,(H,17,18,19). The van der Waals surface area contributed by atoms with Crippen LogP contribution in [0, 0.1) is 10.5 Å². The number of nitrogens with zero attached hydrogens (tertiary/aromatic N) is 2. The second-order valence-corrected chi connectivity index (χ2v) is 5.69. The number of halogens is 1. The lowest BCUT2D eigenvalue weighted by atomic mass is 10.2. The Balaban J connectivity index is 2.43. The Morgan fingerprint density at radius 3 is 2.71 bits per heavy atom. The van der Waals surface area contributed by atoms with Crippen molar-refractivity contribution >= 4 is 28.4 Å². The molecule has 5 nitrogen and oxygen atoms in total. The molecule has 0 amide bonds. The Bertz CT molecular complexity index is 647. The number of phenolic OH excluding ortho intramolecular Hbond substituents is 1. The zero-order valence-electron chi connectivity index (χ0n) is 12.3. The summed E-state index contributed by atoms with van der Waals surface area (Å²) in [4.78, 5) is 9.05. The maximum absolute atomic E-state index is 9.89. The highest BCUT2D eigenvalue weighted by atomic mass is 127. The van der Waals surface area contributed by atoms with Gasteiger partial charge in [-0.05, 0) is 54.1 Å². The van der Waals surface area contributed by atoms with Gasteiger partial charge in [0.1, 0.15) is 5.82 Å². The van der Waals surface area contributed by atoms with Crippen LogP contribution in [0.15, 0.2) is 18.2 Å². The summed E-state index contributed by atoms with van der Waals surface area (Å²) in [6, 6.07) is 5.16. The van der Waals surface area contributed by atoms with Crippen LogP contribution in [0.1, 0.15) is 19.0 Å². The highest BCUT2D eigenvalue weighted by molar-refractivity contribution is 14.1. The number of aromatic nitrogens is 2. The lowest BCUT2D eigenvalue weighted by Crippen LogP contribution is -2.07. The number of phenols is 1. The molecule has 112 valence electrons. The van der Waals surface area contributed by atoms with Crippen LogP contribution >= 0.6 is 22.6 Å². The highest BCUT2D eigenvalue weighted by Crippen LogP contribution is 2.31. The first kappa shape index (κ1) is 15.8. The van der Waals surface area contributed by atoms with Gasteiger partial charge < -0.3 is 15.2 Å². The van der Waals surface area contributed by atoms with Crippen molar-refractivity contribution in [3.05, 3.63) is 27.5 Å². The molecule has 0 unspecified atom stereocenters. The zero-order chi connectivity index (χ0) is 15.4. The second-order valence-electron chi connectivity index (χ2n) is 4.61. The molecule has 0 bridgehead atoms. The number of ether oxygens (including phenoxy) is 1. The van der Waals surface area contributed by atoms with Crippen molar-refractivity contribution in [1.82, 2.24) is 9.97 Å². The molecule has 0 fully saturated rings. The van der Waals surface area contributed by atoms with E-state index < -0.39 is 0 Å². The molecule has 0 aliphatic heterocycles. The summed E-state index contributed by atoms with van der Waals surface area (Å²) < 4.78 is 6.07. The number of hydrogen-bond donors (Lipinski definition) is 2. The summed E-state index contributed by atoms with van der Waals surface area (Å²) in [5.41, 5.74) is 1.67. The van der Waals surface area contributed by atoms with Crippen molar-refractivity contribution in [3.8, 4) is 22.9 Å². The first-order chi connectivity index (χ1) is 10.1. The highest BCUT2D eigenvalue weighted by Gasteiger charge is 2.12. The summed E-state index contributed by atoms with van der Waals surface area (Å²) >= 11 is 2.24. The van der Waals surface area contributed by atoms with Crippen molar-refractivity contribution < 1.29 is 9.84 Å². The van der Waals surface area contributed by atoms with Crippen LogP contribution in [-0.2, 0) is 0 Å². The maximum Gasteiger partial charge on any atom is 0.161 e. The molecule has 21 heavy (non-hydrogen) atoms. The van der Waals surface area contributed by atoms with E-state index in [1.165, 1.54) is 7.11 Å². The van der Waals surface area contributed by atoms with E-state index in [2.05, 4.69) is 44.8 Å². The van der Waals surface area contributed by atoms with E-state index in [-0.39, 0.29) is 5.75 Å². The number of anilines is 1. The topological polar surface area (TPSA) is 67.3 Å². The molecule has 1 aromatic heterocycles. The Kier molecular flexibility index (Phi) is 5.22. The van der Waals surface area contributed by atoms with Gasteiger partial charge in [-0.3, -0.25) is 0 Å². The molecule has 2 aromatic rings. The fraction of sp³-hybridized carbons (Fsp3) is 0.333. The minimum atomic E-state index is 0.0814. The number of rotatable bonds is 5. The molecule has 2 rings (SSSR count). The van der Waals surface area contributed by atoms with Crippen LogP contribution in [0.4, 0.5) is 5.82 Å². The Labute approximate surface area is 137 Å². The normalized spacial score (nSPS) is 10.5. The quantitative estimate of drug-likeness (QED) is 0.753. The molecule has 0 atom stereocenters. The average Bonchev–Trinajstić information content (AvgIpc) is 2.48. The van der Waals surface area contributed by atoms with Crippen LogP contribution in [0.5, 0.6) is 11.5 Å². The van der Waals surface area contributed by atoms with Crippen molar-refractivity contribution in [2.75, 3.05) is 19.0 Å². The molecule has 0 radical (unpaired) electrons. The van der Waals surface area contributed by atoms with E-state index in [1.807, 2.05) is 13.0 Å². The second kappa shape index (κ2) is 6.93. The molecule has 0 saturated carbocycles. The van der Waals surface area contributed by atoms with Gasteiger partial charge in [0.2, 0.25) is 0 Å². The summed E-state index contributed by atoms with van der Waals surface area (Å²) in [5, 5.41) is 13.2. The maximum atomic E-state index is 9.89. The summed E-state index contributed by atoms with van der Waals surface area (Å²) in [6.45, 7) is 4.92. The first-order valence-electron chi connectivity index (χ1n) is 6.72. The van der Waals surface area contributed by atoms with Crippen LogP contribution in [-0.4, -0.2) is 28.7 Å². The molecule has 1 heterocycles. The van der Waals surface area contributed by atoms with Crippen LogP contribution in [0.3, 0.4) is 0 Å². The van der Waals surface area contributed by atoms with Crippen LogP contribution < -0.4 is 10.1 Å². The molecular formula is C15H18IN3O2. The first-order valence-corrected chi connectivity index (χ1v) is 7.80. The molecule has 0 aliphatic rings. The molecule has 0 saturated heterocycles. The minimum absolute atomic E-state index is 0.0814. The van der Waals surface area contributed by atoms with Crippen molar-refractivity contribution in [3.63, 3.8) is 0 Å². The van der Waals surface area contributed by atoms with Gasteiger partial charge in [0, 0.05) is 12.1 Å². The minimum Gasteiger partial charge on any atom is -0.504 e. The van der Waals surface area contributed by atoms with E-state index in [0.29, 0.717) is 11.6 Å². The van der Waals surface area contributed by atoms with Gasteiger partial charge in [-0.15, -0.1) is 0 Å². The zero-order valence-corrected chi connectivity index (χ0v) is 14.4. The third-order valence-corrected chi connectivity index (χ3v) is 4.29. The molecule has 0 spiro atoms. The van der Waals surface area contributed by atoms with Crippen LogP contribution in [0.25, 0.3) is 11.4 Å². The van der Waals surface area contributed by atoms with Crippen molar-refractivity contribution in [2.24, 2.45) is 0 Å². The van der Waals surface area contributed by atoms with Gasteiger partial charge in [0.15, 0.2) is 17.3 Å². The third-order valence-electron chi connectivity index (χ3n) is 3.00. The molecule has 1 aromatic carbocycles. The molecule has 2 N–H and O–H groups in total. The van der Waals surface area contributed by atoms with Gasteiger partial charge in [0.05, 0.1) is 16.4 Å². The Morgan fingerprint density at radius 1 is 1.33 bits per heavy atom. The predicted octanol–water partition coefficient (Wildman–Crippen LogP) is 3.59. The lowest BCUT2D eigenvalue weighted by molar-refractivity contribution is 0.373. The van der Waals surface area contributed by atoms with Gasteiger partial charge >= 0.3 is 0 Å². The third kappa shape index (κ3) is 3.55. The summed E-state index contributed by atoms with van der Waals surface area (Å²) in [5.74, 6) is 1.93. The summed E-state index contributed by atoms with van der Waals surface area (Å²) in [6.07, 6.45) is 1.03. The van der Waals surface area contributed by atoms with Gasteiger partial charge in [-0.1, -0.05) is 6.92 Å². The number of nitrogens with one attached hydrogen (secondary N) is 1. The van der Waals surface area contributed by atoms with E-state index in [9.17, 15) is 5.11 Å². The molecule has 6 heteroatoms. The smallest absolute Gasteiger partial charge is 0.161 e. The lowest BCUT2D eigenvalue weighted by Gasteiger charge is -2.11.